The van der Waals surface area contributed by atoms with Crippen LogP contribution in [0.2, 0.25) is 0 Å². The summed E-state index contributed by atoms with van der Waals surface area (Å²) >= 11 is 0. The molecule has 0 radical (unpaired) electrons. The number of methoxy groups -OCH3 is 1. The molecule has 1 atom stereocenters. The molecule has 0 saturated heterocycles. The van der Waals surface area contributed by atoms with Gasteiger partial charge in [-0.15, -0.1) is 0 Å². The quantitative estimate of drug-likeness (QED) is 0.730. The minimum atomic E-state index is 0.379. The molecule has 0 bridgehead atoms. The summed E-state index contributed by atoms with van der Waals surface area (Å²) in [5, 5.41) is 3.38. The van der Waals surface area contributed by atoms with E-state index in [1.807, 2.05) is 12.1 Å². The molecule has 1 aromatic carbocycles. The van der Waals surface area contributed by atoms with Gasteiger partial charge in [-0.3, -0.25) is 4.90 Å². The first-order valence-electron chi connectivity index (χ1n) is 8.23. The molecule has 0 aromatic heterocycles. The van der Waals surface area contributed by atoms with Crippen molar-refractivity contribution in [3.05, 3.63) is 29.8 Å². The van der Waals surface area contributed by atoms with Crippen LogP contribution in [0.5, 0.6) is 5.75 Å². The maximum Gasteiger partial charge on any atom is 0.123 e. The van der Waals surface area contributed by atoms with Crippen LogP contribution in [-0.2, 0) is 0 Å². The van der Waals surface area contributed by atoms with Gasteiger partial charge >= 0.3 is 0 Å². The summed E-state index contributed by atoms with van der Waals surface area (Å²) in [4.78, 5) is 2.46. The maximum absolute atomic E-state index is 5.44. The molecule has 0 aliphatic rings. The predicted octanol–water partition coefficient (Wildman–Crippen LogP) is 4.10. The third kappa shape index (κ3) is 7.49. The second-order valence-electron chi connectivity index (χ2n) is 5.11. The van der Waals surface area contributed by atoms with Crippen LogP contribution in [0.3, 0.4) is 0 Å². The highest BCUT2D eigenvalue weighted by Gasteiger charge is 2.16. The summed E-state index contributed by atoms with van der Waals surface area (Å²) in [6.07, 6.45) is 1.25. The van der Waals surface area contributed by atoms with Crippen molar-refractivity contribution in [1.29, 1.82) is 0 Å². The molecule has 1 aromatic rings. The van der Waals surface area contributed by atoms with Crippen LogP contribution in [0, 0.1) is 0 Å². The molecule has 122 valence electrons. The molecule has 0 heterocycles. The first-order valence-corrected chi connectivity index (χ1v) is 8.23. The number of ether oxygens (including phenoxy) is 1. The molecular formula is C18H34N2O. The fraction of sp³-hybridized carbons (Fsp3) is 0.667. The number of para-hydroxylation sites is 1. The molecule has 0 saturated carbocycles. The van der Waals surface area contributed by atoms with Crippen molar-refractivity contribution < 1.29 is 4.74 Å². The minimum absolute atomic E-state index is 0.379. The summed E-state index contributed by atoms with van der Waals surface area (Å²) in [5.41, 5.74) is 1.26. The van der Waals surface area contributed by atoms with Gasteiger partial charge in [0, 0.05) is 24.7 Å². The Morgan fingerprint density at radius 3 is 2.29 bits per heavy atom. The SMILES string of the molecule is CCC.CCNCCN(CC)[C@@H](C)c1ccccc1OC. The van der Waals surface area contributed by atoms with Crippen LogP contribution in [0.1, 0.15) is 52.6 Å². The number of nitrogens with zero attached hydrogens (tertiary/aromatic N) is 1. The molecule has 0 amide bonds. The smallest absolute Gasteiger partial charge is 0.123 e. The second kappa shape index (κ2) is 12.7. The Labute approximate surface area is 131 Å². The van der Waals surface area contributed by atoms with Crippen LogP contribution in [0.4, 0.5) is 0 Å². The lowest BCUT2D eigenvalue weighted by Crippen LogP contribution is -2.34. The molecule has 1 N–H and O–H groups in total. The third-order valence-electron chi connectivity index (χ3n) is 3.37. The van der Waals surface area contributed by atoms with Crippen LogP contribution in [-0.4, -0.2) is 38.2 Å². The van der Waals surface area contributed by atoms with Crippen LogP contribution >= 0.6 is 0 Å². The van der Waals surface area contributed by atoms with E-state index in [0.29, 0.717) is 6.04 Å². The summed E-state index contributed by atoms with van der Waals surface area (Å²) in [7, 11) is 1.74. The van der Waals surface area contributed by atoms with Gasteiger partial charge in [-0.1, -0.05) is 52.3 Å². The van der Waals surface area contributed by atoms with E-state index in [1.54, 1.807) is 7.11 Å². The highest BCUT2D eigenvalue weighted by atomic mass is 16.5. The van der Waals surface area contributed by atoms with Crippen LogP contribution in [0.15, 0.2) is 24.3 Å². The van der Waals surface area contributed by atoms with Crippen molar-refractivity contribution in [2.75, 3.05) is 33.3 Å². The van der Waals surface area contributed by atoms with Crippen molar-refractivity contribution in [3.63, 3.8) is 0 Å². The largest absolute Gasteiger partial charge is 0.496 e. The van der Waals surface area contributed by atoms with Crippen molar-refractivity contribution in [2.24, 2.45) is 0 Å². The molecule has 0 aliphatic heterocycles. The predicted molar refractivity (Wildman–Crippen MR) is 93.2 cm³/mol. The fourth-order valence-corrected chi connectivity index (χ4v) is 2.23. The Morgan fingerprint density at radius 1 is 1.14 bits per heavy atom. The Morgan fingerprint density at radius 2 is 1.76 bits per heavy atom. The zero-order valence-corrected chi connectivity index (χ0v) is 14.8. The summed E-state index contributed by atoms with van der Waals surface area (Å²) in [6.45, 7) is 15.0. The topological polar surface area (TPSA) is 24.5 Å². The summed E-state index contributed by atoms with van der Waals surface area (Å²) < 4.78 is 5.44. The van der Waals surface area contributed by atoms with Gasteiger partial charge in [-0.25, -0.2) is 0 Å². The monoisotopic (exact) mass is 294 g/mol. The molecular weight excluding hydrogens is 260 g/mol. The Balaban J connectivity index is 0.00000122. The lowest BCUT2D eigenvalue weighted by molar-refractivity contribution is 0.218. The second-order valence-corrected chi connectivity index (χ2v) is 5.11. The normalized spacial score (nSPS) is 11.8. The zero-order valence-electron chi connectivity index (χ0n) is 14.8. The Kier molecular flexibility index (Phi) is 12.0. The van der Waals surface area contributed by atoms with Gasteiger partial charge in [0.25, 0.3) is 0 Å². The van der Waals surface area contributed by atoms with E-state index in [-0.39, 0.29) is 0 Å². The van der Waals surface area contributed by atoms with E-state index in [1.165, 1.54) is 12.0 Å². The molecule has 0 aliphatic carbocycles. The maximum atomic E-state index is 5.44. The summed E-state index contributed by atoms with van der Waals surface area (Å²) in [6, 6.07) is 8.66. The molecule has 3 heteroatoms. The third-order valence-corrected chi connectivity index (χ3v) is 3.37. The molecule has 0 unspecified atom stereocenters. The van der Waals surface area contributed by atoms with Gasteiger partial charge in [0.2, 0.25) is 0 Å². The number of hydrogen-bond acceptors (Lipinski definition) is 3. The van der Waals surface area contributed by atoms with E-state index in [9.17, 15) is 0 Å². The first-order chi connectivity index (χ1) is 10.2. The average molecular weight is 294 g/mol. The van der Waals surface area contributed by atoms with E-state index >= 15 is 0 Å². The van der Waals surface area contributed by atoms with Crippen molar-refractivity contribution in [2.45, 2.75) is 47.1 Å². The van der Waals surface area contributed by atoms with E-state index in [0.717, 1.165) is 31.9 Å². The highest BCUT2D eigenvalue weighted by Crippen LogP contribution is 2.28. The fourth-order valence-electron chi connectivity index (χ4n) is 2.23. The molecule has 21 heavy (non-hydrogen) atoms. The Hall–Kier alpha value is -1.06. The van der Waals surface area contributed by atoms with E-state index < -0.39 is 0 Å². The van der Waals surface area contributed by atoms with Crippen molar-refractivity contribution in [1.82, 2.24) is 10.2 Å². The number of benzene rings is 1. The van der Waals surface area contributed by atoms with E-state index in [4.69, 9.17) is 4.74 Å². The number of likely N-dealkylation sites (N-methyl/N-ethyl adjacent to an activating group) is 2. The summed E-state index contributed by atoms with van der Waals surface area (Å²) in [5.74, 6) is 0.979. The van der Waals surface area contributed by atoms with Gasteiger partial charge in [0.1, 0.15) is 5.75 Å². The zero-order chi connectivity index (χ0) is 16.1. The van der Waals surface area contributed by atoms with Gasteiger partial charge in [-0.05, 0) is 26.1 Å². The van der Waals surface area contributed by atoms with Gasteiger partial charge in [0.05, 0.1) is 7.11 Å². The highest BCUT2D eigenvalue weighted by molar-refractivity contribution is 5.35. The molecule has 0 spiro atoms. The van der Waals surface area contributed by atoms with Gasteiger partial charge in [0.15, 0.2) is 0 Å². The molecule has 3 nitrogen and oxygen atoms in total. The number of nitrogens with one attached hydrogen (secondary N) is 1. The molecule has 1 rings (SSSR count). The lowest BCUT2D eigenvalue weighted by Gasteiger charge is -2.29. The van der Waals surface area contributed by atoms with E-state index in [2.05, 4.69) is 57.0 Å². The van der Waals surface area contributed by atoms with Gasteiger partial charge in [-0.2, -0.15) is 0 Å². The number of rotatable bonds is 8. The van der Waals surface area contributed by atoms with Crippen molar-refractivity contribution >= 4 is 0 Å². The lowest BCUT2D eigenvalue weighted by atomic mass is 10.1. The average Bonchev–Trinajstić information content (AvgIpc) is 2.52. The molecule has 0 fully saturated rings. The van der Waals surface area contributed by atoms with Crippen LogP contribution < -0.4 is 10.1 Å². The minimum Gasteiger partial charge on any atom is -0.496 e. The standard InChI is InChI=1S/C15H26N2O.C3H8/c1-5-16-11-12-17(6-2)13(3)14-9-7-8-10-15(14)18-4;1-3-2/h7-10,13,16H,5-6,11-12H2,1-4H3;3H2,1-2H3/t13-;/m0./s1. The van der Waals surface area contributed by atoms with Gasteiger partial charge < -0.3 is 10.1 Å². The first kappa shape index (κ1) is 19.9. The Bertz CT molecular complexity index is 355. The van der Waals surface area contributed by atoms with Crippen molar-refractivity contribution in [3.8, 4) is 5.75 Å². The van der Waals surface area contributed by atoms with Crippen LogP contribution in [0.25, 0.3) is 0 Å². The number of hydrogen-bond donors (Lipinski definition) is 1.